The number of anilines is 3. The van der Waals surface area contributed by atoms with Gasteiger partial charge < -0.3 is 4.90 Å². The first-order valence-corrected chi connectivity index (χ1v) is 17.9. The second kappa shape index (κ2) is 10.8. The van der Waals surface area contributed by atoms with Gasteiger partial charge in [-0.3, -0.25) is 0 Å². The van der Waals surface area contributed by atoms with Crippen molar-refractivity contribution in [2.75, 3.05) is 4.90 Å². The highest BCUT2D eigenvalue weighted by atomic mass is 15.1. The molecule has 0 fully saturated rings. The SMILES string of the molecule is c1ccc(N(c2ccccc2)c2ccc(-c3cccc4c3B3c5ccccc5C5(c6ccccc6-c6ccccc65)c5cccc-4c53)cc2)cc1. The molecule has 11 rings (SSSR count). The number of para-hydroxylation sites is 2. The Morgan fingerprint density at radius 3 is 1.41 bits per heavy atom. The highest BCUT2D eigenvalue weighted by Crippen LogP contribution is 2.57. The van der Waals surface area contributed by atoms with Crippen LogP contribution in [0.1, 0.15) is 22.3 Å². The Hall–Kier alpha value is -6.38. The lowest BCUT2D eigenvalue weighted by Gasteiger charge is -2.42. The molecule has 0 saturated heterocycles. The zero-order valence-corrected chi connectivity index (χ0v) is 28.0. The summed E-state index contributed by atoms with van der Waals surface area (Å²) >= 11 is 0. The smallest absolute Gasteiger partial charge is 0.244 e. The Labute approximate surface area is 299 Å². The first-order valence-electron chi connectivity index (χ1n) is 17.9. The van der Waals surface area contributed by atoms with Crippen molar-refractivity contribution in [3.8, 4) is 33.4 Å². The molecule has 2 heteroatoms. The Bertz CT molecular complexity index is 2560. The van der Waals surface area contributed by atoms with Crippen molar-refractivity contribution in [2.24, 2.45) is 0 Å². The van der Waals surface area contributed by atoms with E-state index in [-0.39, 0.29) is 12.1 Å². The monoisotopic (exact) mass is 645 g/mol. The van der Waals surface area contributed by atoms with Crippen LogP contribution in [0.3, 0.4) is 0 Å². The summed E-state index contributed by atoms with van der Waals surface area (Å²) in [6, 6.07) is 71.9. The van der Waals surface area contributed by atoms with Crippen LogP contribution in [0.2, 0.25) is 0 Å². The van der Waals surface area contributed by atoms with Crippen LogP contribution in [0, 0.1) is 0 Å². The largest absolute Gasteiger partial charge is 0.311 e. The molecular formula is C49H32BN. The lowest BCUT2D eigenvalue weighted by atomic mass is 9.32. The molecule has 0 atom stereocenters. The van der Waals surface area contributed by atoms with Crippen LogP contribution < -0.4 is 21.3 Å². The molecule has 51 heavy (non-hydrogen) atoms. The van der Waals surface area contributed by atoms with Crippen molar-refractivity contribution in [3.05, 3.63) is 216 Å². The van der Waals surface area contributed by atoms with Gasteiger partial charge in [0.25, 0.3) is 0 Å². The molecule has 0 radical (unpaired) electrons. The third-order valence-corrected chi connectivity index (χ3v) is 11.6. The zero-order valence-electron chi connectivity index (χ0n) is 28.0. The van der Waals surface area contributed by atoms with Gasteiger partial charge in [0.15, 0.2) is 0 Å². The Kier molecular flexibility index (Phi) is 6.03. The third kappa shape index (κ3) is 3.82. The highest BCUT2D eigenvalue weighted by Gasteiger charge is 2.54. The van der Waals surface area contributed by atoms with Gasteiger partial charge in [-0.05, 0) is 92.0 Å². The molecule has 0 unspecified atom stereocenters. The molecule has 1 spiro atoms. The predicted octanol–water partition coefficient (Wildman–Crippen LogP) is 10.00. The molecule has 8 aromatic rings. The molecular weight excluding hydrogens is 613 g/mol. The van der Waals surface area contributed by atoms with Crippen molar-refractivity contribution < 1.29 is 0 Å². The third-order valence-electron chi connectivity index (χ3n) is 11.6. The van der Waals surface area contributed by atoms with E-state index in [0.717, 1.165) is 17.1 Å². The van der Waals surface area contributed by atoms with Gasteiger partial charge in [0.2, 0.25) is 6.71 Å². The van der Waals surface area contributed by atoms with E-state index in [9.17, 15) is 0 Å². The first-order chi connectivity index (χ1) is 25.3. The van der Waals surface area contributed by atoms with Crippen molar-refractivity contribution in [1.82, 2.24) is 0 Å². The Balaban J connectivity index is 1.11. The van der Waals surface area contributed by atoms with Gasteiger partial charge in [-0.25, -0.2) is 0 Å². The summed E-state index contributed by atoms with van der Waals surface area (Å²) < 4.78 is 0. The van der Waals surface area contributed by atoms with Gasteiger partial charge in [-0.2, -0.15) is 0 Å². The number of hydrogen-bond acceptors (Lipinski definition) is 1. The van der Waals surface area contributed by atoms with Gasteiger partial charge in [-0.15, -0.1) is 0 Å². The number of nitrogens with zero attached hydrogens (tertiary/aromatic N) is 1. The van der Waals surface area contributed by atoms with Crippen LogP contribution in [-0.4, -0.2) is 6.71 Å². The molecule has 8 aromatic carbocycles. The minimum absolute atomic E-state index is 0.147. The van der Waals surface area contributed by atoms with Crippen LogP contribution in [0.5, 0.6) is 0 Å². The molecule has 1 aliphatic carbocycles. The van der Waals surface area contributed by atoms with E-state index in [2.05, 4.69) is 199 Å². The number of fused-ring (bicyclic) bond motifs is 12. The molecule has 236 valence electrons. The lowest BCUT2D eigenvalue weighted by molar-refractivity contribution is 0.775. The highest BCUT2D eigenvalue weighted by molar-refractivity contribution is 7.00. The van der Waals surface area contributed by atoms with Gasteiger partial charge >= 0.3 is 0 Å². The topological polar surface area (TPSA) is 3.24 Å². The number of hydrogen-bond donors (Lipinski definition) is 0. The maximum Gasteiger partial charge on any atom is 0.244 e. The first kappa shape index (κ1) is 28.5. The molecule has 1 nitrogen and oxygen atoms in total. The average molecular weight is 646 g/mol. The summed E-state index contributed by atoms with van der Waals surface area (Å²) in [6.07, 6.45) is 0. The van der Waals surface area contributed by atoms with E-state index < -0.39 is 0 Å². The van der Waals surface area contributed by atoms with E-state index in [0.29, 0.717) is 0 Å². The average Bonchev–Trinajstić information content (AvgIpc) is 3.70. The maximum atomic E-state index is 2.42. The summed E-state index contributed by atoms with van der Waals surface area (Å²) in [5.74, 6) is 0. The van der Waals surface area contributed by atoms with Gasteiger partial charge in [0.1, 0.15) is 0 Å². The van der Waals surface area contributed by atoms with Crippen molar-refractivity contribution in [1.29, 1.82) is 0 Å². The molecule has 0 saturated carbocycles. The zero-order chi connectivity index (χ0) is 33.5. The number of benzene rings is 8. The van der Waals surface area contributed by atoms with E-state index in [1.165, 1.54) is 72.0 Å². The summed E-state index contributed by atoms with van der Waals surface area (Å²) in [4.78, 5) is 2.33. The van der Waals surface area contributed by atoms with Crippen LogP contribution in [0.25, 0.3) is 33.4 Å². The van der Waals surface area contributed by atoms with Crippen LogP contribution in [-0.2, 0) is 5.41 Å². The fraction of sp³-hybridized carbons (Fsp3) is 0.0204. The Morgan fingerprint density at radius 2 is 0.765 bits per heavy atom. The fourth-order valence-corrected chi connectivity index (χ4v) is 9.70. The molecule has 2 aliphatic heterocycles. The van der Waals surface area contributed by atoms with E-state index >= 15 is 0 Å². The normalized spacial score (nSPS) is 13.6. The van der Waals surface area contributed by atoms with Crippen molar-refractivity contribution in [3.63, 3.8) is 0 Å². The molecule has 0 amide bonds. The summed E-state index contributed by atoms with van der Waals surface area (Å²) in [5.41, 5.74) is 20.9. The number of rotatable bonds is 4. The molecule has 3 aliphatic rings. The molecule has 0 aromatic heterocycles. The minimum atomic E-state index is -0.367. The minimum Gasteiger partial charge on any atom is -0.311 e. The lowest BCUT2D eigenvalue weighted by Crippen LogP contribution is -2.60. The fourth-order valence-electron chi connectivity index (χ4n) is 9.70. The Morgan fingerprint density at radius 1 is 0.314 bits per heavy atom. The van der Waals surface area contributed by atoms with E-state index in [4.69, 9.17) is 0 Å². The maximum absolute atomic E-state index is 2.42. The van der Waals surface area contributed by atoms with E-state index in [1.807, 2.05) is 0 Å². The summed E-state index contributed by atoms with van der Waals surface area (Å²) in [7, 11) is 0. The van der Waals surface area contributed by atoms with E-state index in [1.54, 1.807) is 0 Å². The second-order valence-corrected chi connectivity index (χ2v) is 13.9. The van der Waals surface area contributed by atoms with Crippen molar-refractivity contribution in [2.45, 2.75) is 5.41 Å². The van der Waals surface area contributed by atoms with Crippen molar-refractivity contribution >= 4 is 40.2 Å². The molecule has 0 N–H and O–H groups in total. The quantitative estimate of drug-likeness (QED) is 0.172. The molecule has 2 heterocycles. The molecule has 0 bridgehead atoms. The summed E-state index contributed by atoms with van der Waals surface area (Å²) in [5, 5.41) is 0. The van der Waals surface area contributed by atoms with Gasteiger partial charge in [0.05, 0.1) is 5.41 Å². The van der Waals surface area contributed by atoms with Crippen LogP contribution in [0.4, 0.5) is 17.1 Å². The predicted molar refractivity (Wildman–Crippen MR) is 214 cm³/mol. The summed E-state index contributed by atoms with van der Waals surface area (Å²) in [6.45, 7) is 0.147. The standard InChI is InChI=1S/C49H32BN/c1-3-15-34(16-4-1)51(35-17-5-2-6-18-35)36-31-29-33(30-32-36)37-21-13-22-40-41-23-14-27-45-48(41)50(47(37)40)46-28-12-11-26-44(46)49(45)42-24-9-7-19-38(42)39-20-8-10-25-43(39)49/h1-32H. The van der Waals surface area contributed by atoms with Crippen LogP contribution in [0.15, 0.2) is 194 Å². The van der Waals surface area contributed by atoms with Gasteiger partial charge in [0, 0.05) is 17.1 Å². The van der Waals surface area contributed by atoms with Gasteiger partial charge in [-0.1, -0.05) is 174 Å². The van der Waals surface area contributed by atoms with Crippen LogP contribution >= 0.6 is 0 Å². The second-order valence-electron chi connectivity index (χ2n) is 13.9.